The number of primary amides is 1. The molecule has 0 bridgehead atoms. The van der Waals surface area contributed by atoms with Gasteiger partial charge in [0.25, 0.3) is 0 Å². The summed E-state index contributed by atoms with van der Waals surface area (Å²) in [5, 5.41) is 0. The lowest BCUT2D eigenvalue weighted by atomic mass is 9.98. The van der Waals surface area contributed by atoms with Crippen molar-refractivity contribution in [2.75, 3.05) is 13.1 Å². The largest absolute Gasteiger partial charge is 0.369 e. The Morgan fingerprint density at radius 1 is 1.29 bits per heavy atom. The van der Waals surface area contributed by atoms with Gasteiger partial charge in [-0.05, 0) is 43.0 Å². The Morgan fingerprint density at radius 2 is 1.81 bits per heavy atom. The number of amides is 1. The van der Waals surface area contributed by atoms with Crippen molar-refractivity contribution >= 4 is 15.9 Å². The predicted molar refractivity (Wildman–Crippen MR) is 76.5 cm³/mol. The third-order valence-electron chi connectivity index (χ3n) is 3.97. The molecule has 5 nitrogen and oxygen atoms in total. The highest BCUT2D eigenvalue weighted by Crippen LogP contribution is 2.31. The van der Waals surface area contributed by atoms with E-state index in [1.807, 2.05) is 0 Å². The minimum Gasteiger partial charge on any atom is -0.369 e. The minimum absolute atomic E-state index is 0.0785. The van der Waals surface area contributed by atoms with Crippen molar-refractivity contribution < 1.29 is 17.6 Å². The lowest BCUT2D eigenvalue weighted by Crippen LogP contribution is -2.32. The van der Waals surface area contributed by atoms with E-state index in [0.717, 1.165) is 0 Å². The summed E-state index contributed by atoms with van der Waals surface area (Å²) >= 11 is 0. The Hall–Kier alpha value is -1.47. The second kappa shape index (κ2) is 5.38. The predicted octanol–water partition coefficient (Wildman–Crippen LogP) is 1.18. The molecule has 7 heteroatoms. The van der Waals surface area contributed by atoms with Gasteiger partial charge in [0.2, 0.25) is 15.9 Å². The Bertz CT molecular complexity index is 664. The van der Waals surface area contributed by atoms with Crippen LogP contribution >= 0.6 is 0 Å². The summed E-state index contributed by atoms with van der Waals surface area (Å²) in [4.78, 5) is 11.5. The number of nitrogens with two attached hydrogens (primary N) is 1. The van der Waals surface area contributed by atoms with Crippen LogP contribution in [0.2, 0.25) is 0 Å². The van der Waals surface area contributed by atoms with Crippen LogP contribution < -0.4 is 5.73 Å². The molecule has 21 heavy (non-hydrogen) atoms. The molecule has 1 aliphatic rings. The van der Waals surface area contributed by atoms with Crippen molar-refractivity contribution in [3.8, 4) is 0 Å². The van der Waals surface area contributed by atoms with Crippen molar-refractivity contribution in [3.05, 3.63) is 29.1 Å². The van der Waals surface area contributed by atoms with E-state index in [1.165, 1.54) is 16.4 Å². The molecule has 1 aromatic rings. The summed E-state index contributed by atoms with van der Waals surface area (Å²) in [6.07, 6.45) is 0. The van der Waals surface area contributed by atoms with Gasteiger partial charge in [0, 0.05) is 13.1 Å². The number of nitrogens with zero attached hydrogens (tertiary/aromatic N) is 1. The lowest BCUT2D eigenvalue weighted by molar-refractivity contribution is -0.122. The van der Waals surface area contributed by atoms with Crippen molar-refractivity contribution in [1.29, 1.82) is 0 Å². The van der Waals surface area contributed by atoms with E-state index in [0.29, 0.717) is 11.1 Å². The van der Waals surface area contributed by atoms with Gasteiger partial charge in [-0.3, -0.25) is 4.79 Å². The number of carbonyl (C=O) groups excluding carboxylic acids is 1. The van der Waals surface area contributed by atoms with E-state index in [1.54, 1.807) is 20.8 Å². The highest BCUT2D eigenvalue weighted by atomic mass is 32.2. The summed E-state index contributed by atoms with van der Waals surface area (Å²) in [5.74, 6) is -1.57. The van der Waals surface area contributed by atoms with Gasteiger partial charge in [0.1, 0.15) is 5.82 Å². The van der Waals surface area contributed by atoms with Gasteiger partial charge in [-0.2, -0.15) is 4.31 Å². The molecular formula is C14H19FN2O3S. The zero-order valence-electron chi connectivity index (χ0n) is 12.3. The number of hydrogen-bond donors (Lipinski definition) is 1. The van der Waals surface area contributed by atoms with E-state index in [2.05, 4.69) is 0 Å². The van der Waals surface area contributed by atoms with Crippen LogP contribution in [-0.4, -0.2) is 31.7 Å². The fourth-order valence-electron chi connectivity index (χ4n) is 2.92. The van der Waals surface area contributed by atoms with Crippen molar-refractivity contribution in [1.82, 2.24) is 4.31 Å². The number of sulfonamides is 1. The second-order valence-electron chi connectivity index (χ2n) is 5.68. The monoisotopic (exact) mass is 314 g/mol. The van der Waals surface area contributed by atoms with Gasteiger partial charge in [0.05, 0.1) is 10.8 Å². The second-order valence-corrected chi connectivity index (χ2v) is 7.55. The molecule has 1 saturated heterocycles. The number of aryl methyl sites for hydroxylation is 2. The highest BCUT2D eigenvalue weighted by Gasteiger charge is 2.40. The standard InChI is InChI=1S/C14H19FN2O3S/c1-8-4-11(15)5-9(2)13(8)21(19,20)17-6-10(3)12(7-17)14(16)18/h4-5,10,12H,6-7H2,1-3H3,(H2,16,18)/t10-,12-/m1/s1. The zero-order chi connectivity index (χ0) is 15.9. The minimum atomic E-state index is -3.76. The van der Waals surface area contributed by atoms with Crippen LogP contribution in [0.4, 0.5) is 4.39 Å². The fraction of sp³-hybridized carbons (Fsp3) is 0.500. The Balaban J connectivity index is 2.43. The third-order valence-corrected chi connectivity index (χ3v) is 6.11. The van der Waals surface area contributed by atoms with Crippen LogP contribution in [0.3, 0.4) is 0 Å². The van der Waals surface area contributed by atoms with Crippen LogP contribution in [0.5, 0.6) is 0 Å². The van der Waals surface area contributed by atoms with Gasteiger partial charge < -0.3 is 5.73 Å². The lowest BCUT2D eigenvalue weighted by Gasteiger charge is -2.19. The summed E-state index contributed by atoms with van der Waals surface area (Å²) in [7, 11) is -3.76. The SMILES string of the molecule is Cc1cc(F)cc(C)c1S(=O)(=O)N1C[C@@H](C)[C@H](C(N)=O)C1. The highest BCUT2D eigenvalue weighted by molar-refractivity contribution is 7.89. The van der Waals surface area contributed by atoms with E-state index < -0.39 is 27.7 Å². The first-order valence-corrected chi connectivity index (χ1v) is 8.14. The van der Waals surface area contributed by atoms with Crippen LogP contribution in [0.15, 0.2) is 17.0 Å². The molecule has 2 rings (SSSR count). The number of carbonyl (C=O) groups is 1. The zero-order valence-corrected chi connectivity index (χ0v) is 13.1. The molecule has 0 aliphatic carbocycles. The molecule has 0 aromatic heterocycles. The molecule has 0 spiro atoms. The van der Waals surface area contributed by atoms with Crippen molar-refractivity contribution in [2.45, 2.75) is 25.7 Å². The van der Waals surface area contributed by atoms with E-state index in [4.69, 9.17) is 5.73 Å². The third kappa shape index (κ3) is 2.80. The van der Waals surface area contributed by atoms with Crippen LogP contribution in [0, 0.1) is 31.5 Å². The first-order chi connectivity index (χ1) is 9.64. The maximum atomic E-state index is 13.3. The number of halogens is 1. The van der Waals surface area contributed by atoms with Gasteiger partial charge in [-0.1, -0.05) is 6.92 Å². The van der Waals surface area contributed by atoms with Crippen LogP contribution in [-0.2, 0) is 14.8 Å². The molecule has 1 fully saturated rings. The number of hydrogen-bond acceptors (Lipinski definition) is 3. The maximum Gasteiger partial charge on any atom is 0.243 e. The van der Waals surface area contributed by atoms with Crippen LogP contribution in [0.25, 0.3) is 0 Å². The molecule has 116 valence electrons. The Kier molecular flexibility index (Phi) is 4.08. The molecule has 1 aliphatic heterocycles. The van der Waals surface area contributed by atoms with E-state index >= 15 is 0 Å². The Labute approximate surface area is 124 Å². The smallest absolute Gasteiger partial charge is 0.243 e. The summed E-state index contributed by atoms with van der Waals surface area (Å²) in [6, 6.07) is 2.40. The van der Waals surface area contributed by atoms with Gasteiger partial charge in [0.15, 0.2) is 0 Å². The van der Waals surface area contributed by atoms with E-state index in [-0.39, 0.29) is 23.9 Å². The van der Waals surface area contributed by atoms with Gasteiger partial charge in [-0.25, -0.2) is 12.8 Å². The van der Waals surface area contributed by atoms with Gasteiger partial charge in [-0.15, -0.1) is 0 Å². The van der Waals surface area contributed by atoms with Crippen LogP contribution in [0.1, 0.15) is 18.1 Å². The van der Waals surface area contributed by atoms with E-state index in [9.17, 15) is 17.6 Å². The molecule has 0 radical (unpaired) electrons. The molecule has 2 N–H and O–H groups in total. The molecular weight excluding hydrogens is 295 g/mol. The molecule has 0 saturated carbocycles. The summed E-state index contributed by atoms with van der Waals surface area (Å²) < 4.78 is 40.1. The number of benzene rings is 1. The van der Waals surface area contributed by atoms with Crippen molar-refractivity contribution in [2.24, 2.45) is 17.6 Å². The van der Waals surface area contributed by atoms with Crippen molar-refractivity contribution in [3.63, 3.8) is 0 Å². The first kappa shape index (κ1) is 15.9. The molecule has 0 unspecified atom stereocenters. The quantitative estimate of drug-likeness (QED) is 0.910. The fourth-order valence-corrected chi connectivity index (χ4v) is 4.90. The average Bonchev–Trinajstić information content (AvgIpc) is 2.70. The Morgan fingerprint density at radius 3 is 2.24 bits per heavy atom. The molecule has 2 atom stereocenters. The summed E-state index contributed by atoms with van der Waals surface area (Å²) in [6.45, 7) is 5.25. The molecule has 1 amide bonds. The number of rotatable bonds is 3. The van der Waals surface area contributed by atoms with Gasteiger partial charge >= 0.3 is 0 Å². The topological polar surface area (TPSA) is 80.5 Å². The average molecular weight is 314 g/mol. The molecule has 1 heterocycles. The normalized spacial score (nSPS) is 23.4. The first-order valence-electron chi connectivity index (χ1n) is 6.70. The maximum absolute atomic E-state index is 13.3. The molecule has 1 aromatic carbocycles. The summed E-state index contributed by atoms with van der Waals surface area (Å²) in [5.41, 5.74) is 6.03.